The minimum absolute atomic E-state index is 1.11. The van der Waals surface area contributed by atoms with E-state index < -0.39 is 0 Å². The van der Waals surface area contributed by atoms with Crippen molar-refractivity contribution in [2.75, 3.05) is 14.7 Å². The zero-order valence-corrected chi connectivity index (χ0v) is 52.9. The summed E-state index contributed by atoms with van der Waals surface area (Å²) >= 11 is 0. The van der Waals surface area contributed by atoms with Gasteiger partial charge in [0, 0.05) is 67.0 Å². The molecule has 16 aromatic carbocycles. The highest BCUT2D eigenvalue weighted by Crippen LogP contribution is 2.44. The topological polar surface area (TPSA) is 14.7 Å². The normalized spacial score (nSPS) is 11.1. The standard InChI is InChI=1S/C48H34N2.C44H32N2/c1-3-11-35(12-4-1)37-19-27-41(28-20-37)49(42-29-21-38(22-30-42)36-13-5-2-6-14-36)43-31-23-39(24-32-43)40-25-33-44(34-26-40)50-47-17-9-7-15-45(47)46-16-8-10-18-48(46)50;1-3-17-37(18-4-1)45(43-23-11-15-35-13-7-9-21-41(35)43)39-29-25-33(26-30-39)34-27-31-40(32-28-34)46(38-19-5-2-6-20-38)44-24-12-16-36-14-8-10-22-42(36)44/h1-34H;1-32H. The average Bonchev–Trinajstić information content (AvgIpc) is 1.58. The van der Waals surface area contributed by atoms with Crippen molar-refractivity contribution in [2.24, 2.45) is 0 Å². The lowest BCUT2D eigenvalue weighted by Crippen LogP contribution is -2.10. The molecule has 4 heteroatoms. The third-order valence-corrected chi connectivity index (χ3v) is 18.3. The predicted molar refractivity (Wildman–Crippen MR) is 408 cm³/mol. The molecule has 0 aliphatic carbocycles. The van der Waals surface area contributed by atoms with Crippen LogP contribution in [0, 0.1) is 0 Å². The maximum Gasteiger partial charge on any atom is 0.0541 e. The van der Waals surface area contributed by atoms with Crippen molar-refractivity contribution in [3.8, 4) is 50.2 Å². The highest BCUT2D eigenvalue weighted by Gasteiger charge is 2.20. The molecule has 4 nitrogen and oxygen atoms in total. The number of anilines is 9. The zero-order valence-electron chi connectivity index (χ0n) is 52.9. The minimum Gasteiger partial charge on any atom is -0.311 e. The van der Waals surface area contributed by atoms with Crippen molar-refractivity contribution in [2.45, 2.75) is 0 Å². The van der Waals surface area contributed by atoms with E-state index in [1.807, 2.05) is 0 Å². The van der Waals surface area contributed by atoms with E-state index in [1.54, 1.807) is 0 Å². The van der Waals surface area contributed by atoms with E-state index in [0.29, 0.717) is 0 Å². The molecule has 17 rings (SSSR count). The summed E-state index contributed by atoms with van der Waals surface area (Å²) < 4.78 is 2.36. The molecule has 17 aromatic rings. The van der Waals surface area contributed by atoms with E-state index in [2.05, 4.69) is 420 Å². The molecule has 0 fully saturated rings. The Balaban J connectivity index is 0.000000152. The Morgan fingerprint density at radius 1 is 0.156 bits per heavy atom. The third kappa shape index (κ3) is 11.7. The summed E-state index contributed by atoms with van der Waals surface area (Å²) in [5.74, 6) is 0. The largest absolute Gasteiger partial charge is 0.311 e. The van der Waals surface area contributed by atoms with Gasteiger partial charge in [0.05, 0.1) is 22.4 Å². The summed E-state index contributed by atoms with van der Waals surface area (Å²) in [5, 5.41) is 7.45. The van der Waals surface area contributed by atoms with Crippen LogP contribution in [-0.4, -0.2) is 4.57 Å². The molecule has 0 radical (unpaired) electrons. The SMILES string of the molecule is c1ccc(-c2ccc(N(c3ccc(-c4ccccc4)cc3)c3ccc(-c4ccc(-n5c6ccccc6c6ccccc65)cc4)cc3)cc2)cc1.c1ccc(N(c2ccc(-c3ccc(N(c4ccccc4)c4cccc5ccccc45)cc3)cc2)c2cccc3ccccc23)cc1. The van der Waals surface area contributed by atoms with Crippen molar-refractivity contribution in [3.63, 3.8) is 0 Å². The van der Waals surface area contributed by atoms with Crippen LogP contribution in [0.25, 0.3) is 93.5 Å². The molecule has 0 spiro atoms. The molecule has 0 bridgehead atoms. The molecule has 0 unspecified atom stereocenters. The van der Waals surface area contributed by atoms with Crippen molar-refractivity contribution in [3.05, 3.63) is 400 Å². The van der Waals surface area contributed by atoms with Crippen molar-refractivity contribution >= 4 is 94.5 Å². The number of para-hydroxylation sites is 4. The summed E-state index contributed by atoms with van der Waals surface area (Å²) in [6.45, 7) is 0. The second kappa shape index (κ2) is 26.5. The molecule has 0 saturated carbocycles. The van der Waals surface area contributed by atoms with Crippen molar-refractivity contribution in [1.29, 1.82) is 0 Å². The van der Waals surface area contributed by atoms with Crippen LogP contribution in [0.5, 0.6) is 0 Å². The van der Waals surface area contributed by atoms with Gasteiger partial charge in [0.2, 0.25) is 0 Å². The molecule has 0 aliphatic rings. The van der Waals surface area contributed by atoms with Gasteiger partial charge in [-0.25, -0.2) is 0 Å². The third-order valence-electron chi connectivity index (χ3n) is 18.3. The Labute approximate surface area is 561 Å². The number of hydrogen-bond donors (Lipinski definition) is 0. The average molecular weight is 1230 g/mol. The van der Waals surface area contributed by atoms with Gasteiger partial charge in [-0.3, -0.25) is 0 Å². The van der Waals surface area contributed by atoms with Crippen LogP contribution in [0.1, 0.15) is 0 Å². The van der Waals surface area contributed by atoms with E-state index in [1.165, 1.54) is 87.9 Å². The van der Waals surface area contributed by atoms with Crippen LogP contribution in [0.15, 0.2) is 400 Å². The predicted octanol–water partition coefficient (Wildman–Crippen LogP) is 25.9. The Hall–Kier alpha value is -12.8. The monoisotopic (exact) mass is 1230 g/mol. The summed E-state index contributed by atoms with van der Waals surface area (Å²) in [5.41, 5.74) is 23.3. The number of benzene rings is 16. The van der Waals surface area contributed by atoms with Gasteiger partial charge in [-0.2, -0.15) is 0 Å². The molecular weight excluding hydrogens is 1160 g/mol. The summed E-state index contributed by atoms with van der Waals surface area (Å²) in [6, 6.07) is 143. The van der Waals surface area contributed by atoms with Gasteiger partial charge in [-0.15, -0.1) is 0 Å². The van der Waals surface area contributed by atoms with Gasteiger partial charge in [0.1, 0.15) is 0 Å². The van der Waals surface area contributed by atoms with Gasteiger partial charge in [0.15, 0.2) is 0 Å². The second-order valence-corrected chi connectivity index (χ2v) is 24.1. The lowest BCUT2D eigenvalue weighted by molar-refractivity contribution is 1.18. The molecule has 0 atom stereocenters. The molecule has 96 heavy (non-hydrogen) atoms. The molecule has 0 amide bonds. The van der Waals surface area contributed by atoms with Crippen LogP contribution in [0.4, 0.5) is 51.2 Å². The molecule has 454 valence electrons. The Bertz CT molecular complexity index is 5150. The lowest BCUT2D eigenvalue weighted by Gasteiger charge is -2.27. The molecule has 1 aromatic heterocycles. The number of rotatable bonds is 14. The summed E-state index contributed by atoms with van der Waals surface area (Å²) in [7, 11) is 0. The Morgan fingerprint density at radius 2 is 0.396 bits per heavy atom. The number of fused-ring (bicyclic) bond motifs is 5. The van der Waals surface area contributed by atoms with E-state index in [4.69, 9.17) is 0 Å². The summed E-state index contributed by atoms with van der Waals surface area (Å²) in [6.07, 6.45) is 0. The van der Waals surface area contributed by atoms with Gasteiger partial charge < -0.3 is 19.3 Å². The minimum atomic E-state index is 1.11. The van der Waals surface area contributed by atoms with Crippen LogP contribution in [0.2, 0.25) is 0 Å². The molecule has 0 aliphatic heterocycles. The number of nitrogens with zero attached hydrogens (tertiary/aromatic N) is 4. The Kier molecular flexibility index (Phi) is 16.1. The fraction of sp³-hybridized carbons (Fsp3) is 0. The Morgan fingerprint density at radius 3 is 0.740 bits per heavy atom. The maximum absolute atomic E-state index is 2.36. The first-order chi connectivity index (χ1) is 47.6. The fourth-order valence-corrected chi connectivity index (χ4v) is 13.5. The second-order valence-electron chi connectivity index (χ2n) is 24.1. The molecule has 0 saturated heterocycles. The quantitative estimate of drug-likeness (QED) is 0.108. The van der Waals surface area contributed by atoms with Gasteiger partial charge in [-0.1, -0.05) is 279 Å². The van der Waals surface area contributed by atoms with E-state index >= 15 is 0 Å². The van der Waals surface area contributed by atoms with Crippen molar-refractivity contribution < 1.29 is 0 Å². The van der Waals surface area contributed by atoms with Crippen LogP contribution in [-0.2, 0) is 0 Å². The van der Waals surface area contributed by atoms with Crippen LogP contribution < -0.4 is 14.7 Å². The fourth-order valence-electron chi connectivity index (χ4n) is 13.5. The van der Waals surface area contributed by atoms with E-state index in [0.717, 1.165) is 56.9 Å². The van der Waals surface area contributed by atoms with E-state index in [9.17, 15) is 0 Å². The number of aromatic nitrogens is 1. The summed E-state index contributed by atoms with van der Waals surface area (Å²) in [4.78, 5) is 7.02. The highest BCUT2D eigenvalue weighted by atomic mass is 15.2. The first kappa shape index (κ1) is 58.3. The van der Waals surface area contributed by atoms with Crippen LogP contribution in [0.3, 0.4) is 0 Å². The van der Waals surface area contributed by atoms with Crippen LogP contribution >= 0.6 is 0 Å². The van der Waals surface area contributed by atoms with Crippen molar-refractivity contribution in [1.82, 2.24) is 4.57 Å². The molecular formula is C92H66N4. The van der Waals surface area contributed by atoms with Gasteiger partial charge in [-0.05, 0) is 177 Å². The highest BCUT2D eigenvalue weighted by molar-refractivity contribution is 6.09. The lowest BCUT2D eigenvalue weighted by atomic mass is 10.0. The zero-order chi connectivity index (χ0) is 64.0. The molecule has 1 heterocycles. The smallest absolute Gasteiger partial charge is 0.0541 e. The maximum atomic E-state index is 2.36. The first-order valence-electron chi connectivity index (χ1n) is 32.8. The molecule has 0 N–H and O–H groups in total. The van der Waals surface area contributed by atoms with Gasteiger partial charge in [0.25, 0.3) is 0 Å². The van der Waals surface area contributed by atoms with E-state index in [-0.39, 0.29) is 0 Å². The number of hydrogen-bond acceptors (Lipinski definition) is 3. The van der Waals surface area contributed by atoms with Gasteiger partial charge >= 0.3 is 0 Å². The first-order valence-corrected chi connectivity index (χ1v) is 32.8.